The van der Waals surface area contributed by atoms with E-state index in [1.165, 1.54) is 6.07 Å². The Morgan fingerprint density at radius 2 is 2.18 bits per heavy atom. The Morgan fingerprint density at radius 3 is 2.82 bits per heavy atom. The molecule has 17 heavy (non-hydrogen) atoms. The summed E-state index contributed by atoms with van der Waals surface area (Å²) in [4.78, 5) is 0. The van der Waals surface area contributed by atoms with E-state index in [4.69, 9.17) is 16.3 Å². The predicted octanol–water partition coefficient (Wildman–Crippen LogP) is 4.68. The molecule has 0 bridgehead atoms. The maximum absolute atomic E-state index is 13.5. The number of ether oxygens (including phenoxy) is 1. The summed E-state index contributed by atoms with van der Waals surface area (Å²) in [6.45, 7) is 4.72. The fourth-order valence-electron chi connectivity index (χ4n) is 1.86. The van der Waals surface area contributed by atoms with Gasteiger partial charge in [0.05, 0.1) is 11.6 Å². The molecule has 1 nitrogen and oxygen atoms in total. The zero-order valence-corrected chi connectivity index (χ0v) is 12.0. The van der Waals surface area contributed by atoms with E-state index < -0.39 is 5.82 Å². The van der Waals surface area contributed by atoms with Crippen molar-refractivity contribution < 1.29 is 9.13 Å². The molecule has 2 rings (SSSR count). The number of halogens is 3. The third-order valence-corrected chi connectivity index (χ3v) is 3.57. The van der Waals surface area contributed by atoms with Crippen LogP contribution in [0.5, 0.6) is 5.75 Å². The Labute approximate surface area is 114 Å². The average molecular weight is 320 g/mol. The molecule has 1 aromatic rings. The van der Waals surface area contributed by atoms with Crippen molar-refractivity contribution in [1.82, 2.24) is 0 Å². The number of rotatable bonds is 1. The number of allylic oxidation sites excluding steroid dienone is 1. The van der Waals surface area contributed by atoms with Crippen LogP contribution >= 0.6 is 27.5 Å². The lowest BCUT2D eigenvalue weighted by Crippen LogP contribution is -2.17. The standard InChI is InChI=1S/C13H13BrClFO/c1-13(2)5-8(6-14)9-3-11(16)10(15)4-12(9)17-7-13/h3-5H,6-7H2,1-2H3. The van der Waals surface area contributed by atoms with E-state index in [0.29, 0.717) is 17.7 Å². The first-order chi connectivity index (χ1) is 7.93. The summed E-state index contributed by atoms with van der Waals surface area (Å²) in [5.74, 6) is 0.230. The SMILES string of the molecule is CC1(C)C=C(CBr)c2cc(F)c(Cl)cc2OC1. The van der Waals surface area contributed by atoms with Crippen molar-refractivity contribution >= 4 is 33.1 Å². The summed E-state index contributed by atoms with van der Waals surface area (Å²) in [5, 5.41) is 0.755. The van der Waals surface area contributed by atoms with Gasteiger partial charge in [-0.15, -0.1) is 0 Å². The van der Waals surface area contributed by atoms with Gasteiger partial charge in [0.15, 0.2) is 0 Å². The quantitative estimate of drug-likeness (QED) is 0.683. The van der Waals surface area contributed by atoms with Crippen LogP contribution in [0.1, 0.15) is 19.4 Å². The molecular weight excluding hydrogens is 306 g/mol. The van der Waals surface area contributed by atoms with E-state index in [-0.39, 0.29) is 10.4 Å². The van der Waals surface area contributed by atoms with Crippen LogP contribution in [0.3, 0.4) is 0 Å². The van der Waals surface area contributed by atoms with Crippen LogP contribution in [0.2, 0.25) is 5.02 Å². The maximum Gasteiger partial charge on any atom is 0.142 e. The van der Waals surface area contributed by atoms with Crippen LogP contribution in [0, 0.1) is 11.2 Å². The van der Waals surface area contributed by atoms with Gasteiger partial charge in [-0.25, -0.2) is 4.39 Å². The average Bonchev–Trinajstić information content (AvgIpc) is 2.38. The molecular formula is C13H13BrClFO. The highest BCUT2D eigenvalue weighted by atomic mass is 79.9. The molecule has 0 amide bonds. The molecule has 1 aromatic carbocycles. The highest BCUT2D eigenvalue weighted by Gasteiger charge is 2.24. The zero-order valence-electron chi connectivity index (χ0n) is 9.69. The minimum absolute atomic E-state index is 0.0783. The highest BCUT2D eigenvalue weighted by Crippen LogP contribution is 2.38. The van der Waals surface area contributed by atoms with E-state index >= 15 is 0 Å². The van der Waals surface area contributed by atoms with Crippen molar-refractivity contribution in [2.45, 2.75) is 13.8 Å². The van der Waals surface area contributed by atoms with Gasteiger partial charge in [0.2, 0.25) is 0 Å². The van der Waals surface area contributed by atoms with Gasteiger partial charge in [-0.05, 0) is 11.6 Å². The van der Waals surface area contributed by atoms with Gasteiger partial charge in [0, 0.05) is 22.4 Å². The normalized spacial score (nSPS) is 17.8. The minimum atomic E-state index is -0.416. The maximum atomic E-state index is 13.5. The van der Waals surface area contributed by atoms with Crippen molar-refractivity contribution in [2.75, 3.05) is 11.9 Å². The summed E-state index contributed by atoms with van der Waals surface area (Å²) < 4.78 is 19.2. The molecule has 1 aliphatic rings. The van der Waals surface area contributed by atoms with Gasteiger partial charge in [0.1, 0.15) is 11.6 Å². The number of benzene rings is 1. The second-order valence-corrected chi connectivity index (χ2v) is 5.81. The Hall–Kier alpha value is -0.540. The first kappa shape index (κ1) is 12.9. The molecule has 0 saturated heterocycles. The Balaban J connectivity index is 2.59. The van der Waals surface area contributed by atoms with E-state index in [2.05, 4.69) is 35.9 Å². The molecule has 0 aromatic heterocycles. The third-order valence-electron chi connectivity index (χ3n) is 2.68. The Bertz CT molecular complexity index is 483. The van der Waals surface area contributed by atoms with Crippen LogP contribution in [0.25, 0.3) is 5.57 Å². The van der Waals surface area contributed by atoms with E-state index in [9.17, 15) is 4.39 Å². The zero-order chi connectivity index (χ0) is 12.6. The number of hydrogen-bond donors (Lipinski definition) is 0. The molecule has 0 saturated carbocycles. The molecule has 0 atom stereocenters. The Morgan fingerprint density at radius 1 is 1.47 bits per heavy atom. The van der Waals surface area contributed by atoms with Gasteiger partial charge in [-0.1, -0.05) is 47.5 Å². The van der Waals surface area contributed by atoms with Crippen molar-refractivity contribution in [3.8, 4) is 5.75 Å². The highest BCUT2D eigenvalue weighted by molar-refractivity contribution is 9.09. The summed E-state index contributed by atoms with van der Waals surface area (Å²) in [6, 6.07) is 2.98. The predicted molar refractivity (Wildman–Crippen MR) is 72.5 cm³/mol. The second kappa shape index (κ2) is 4.62. The molecule has 1 heterocycles. The van der Waals surface area contributed by atoms with Crippen LogP contribution in [0.15, 0.2) is 18.2 Å². The van der Waals surface area contributed by atoms with Crippen molar-refractivity contribution in [3.05, 3.63) is 34.6 Å². The van der Waals surface area contributed by atoms with Crippen molar-refractivity contribution in [3.63, 3.8) is 0 Å². The van der Waals surface area contributed by atoms with Gasteiger partial charge in [0.25, 0.3) is 0 Å². The lowest BCUT2D eigenvalue weighted by atomic mass is 9.91. The van der Waals surface area contributed by atoms with Crippen molar-refractivity contribution in [1.29, 1.82) is 0 Å². The van der Waals surface area contributed by atoms with Gasteiger partial charge < -0.3 is 4.74 Å². The molecule has 0 radical (unpaired) electrons. The van der Waals surface area contributed by atoms with Crippen molar-refractivity contribution in [2.24, 2.45) is 5.41 Å². The smallest absolute Gasteiger partial charge is 0.142 e. The summed E-state index contributed by atoms with van der Waals surface area (Å²) in [5.41, 5.74) is 1.72. The third kappa shape index (κ3) is 2.66. The van der Waals surface area contributed by atoms with Gasteiger partial charge >= 0.3 is 0 Å². The summed E-state index contributed by atoms with van der Waals surface area (Å²) in [6.07, 6.45) is 2.11. The summed E-state index contributed by atoms with van der Waals surface area (Å²) >= 11 is 9.21. The molecule has 0 spiro atoms. The first-order valence-corrected chi connectivity index (χ1v) is 6.83. The number of hydrogen-bond acceptors (Lipinski definition) is 1. The molecule has 92 valence electrons. The van der Waals surface area contributed by atoms with E-state index in [1.807, 2.05) is 0 Å². The fourth-order valence-corrected chi connectivity index (χ4v) is 2.48. The fraction of sp³-hybridized carbons (Fsp3) is 0.385. The molecule has 0 fully saturated rings. The van der Waals surface area contributed by atoms with Crippen LogP contribution in [0.4, 0.5) is 4.39 Å². The van der Waals surface area contributed by atoms with E-state index in [1.54, 1.807) is 6.07 Å². The minimum Gasteiger partial charge on any atom is -0.492 e. The van der Waals surface area contributed by atoms with Gasteiger partial charge in [-0.2, -0.15) is 0 Å². The molecule has 0 N–H and O–H groups in total. The van der Waals surface area contributed by atoms with Gasteiger partial charge in [-0.3, -0.25) is 0 Å². The number of alkyl halides is 1. The molecule has 0 unspecified atom stereocenters. The Kier molecular flexibility index (Phi) is 3.50. The summed E-state index contributed by atoms with van der Waals surface area (Å²) in [7, 11) is 0. The molecule has 1 aliphatic heterocycles. The first-order valence-electron chi connectivity index (χ1n) is 5.33. The number of fused-ring (bicyclic) bond motifs is 1. The topological polar surface area (TPSA) is 9.23 Å². The lowest BCUT2D eigenvalue weighted by molar-refractivity contribution is 0.224. The molecule has 0 aliphatic carbocycles. The van der Waals surface area contributed by atoms with E-state index in [0.717, 1.165) is 11.1 Å². The second-order valence-electron chi connectivity index (χ2n) is 4.84. The van der Waals surface area contributed by atoms with Crippen LogP contribution in [-0.2, 0) is 0 Å². The lowest BCUT2D eigenvalue weighted by Gasteiger charge is -2.18. The largest absolute Gasteiger partial charge is 0.492 e. The van der Waals surface area contributed by atoms with Crippen LogP contribution in [-0.4, -0.2) is 11.9 Å². The monoisotopic (exact) mass is 318 g/mol. The molecule has 4 heteroatoms. The van der Waals surface area contributed by atoms with Crippen LogP contribution < -0.4 is 4.74 Å².